The fourth-order valence-corrected chi connectivity index (χ4v) is 1.48. The van der Waals surface area contributed by atoms with Crippen LogP contribution in [0.3, 0.4) is 0 Å². The Morgan fingerprint density at radius 2 is 2.33 bits per heavy atom. The molecule has 0 bridgehead atoms. The molecule has 1 atom stereocenters. The van der Waals surface area contributed by atoms with Gasteiger partial charge in [-0.2, -0.15) is 5.10 Å². The Hall–Kier alpha value is -0.540. The SMILES string of the molecule is CCOCCCn1cc(C(Cl)CC)cn1. The first-order valence-electron chi connectivity index (χ1n) is 5.52. The van der Waals surface area contributed by atoms with E-state index in [1.54, 1.807) is 0 Å². The number of ether oxygens (including phenoxy) is 1. The quantitative estimate of drug-likeness (QED) is 0.532. The molecule has 4 heteroatoms. The highest BCUT2D eigenvalue weighted by atomic mass is 35.5. The Labute approximate surface area is 96.4 Å². The maximum absolute atomic E-state index is 6.11. The third kappa shape index (κ3) is 4.22. The fourth-order valence-electron chi connectivity index (χ4n) is 1.37. The van der Waals surface area contributed by atoms with Crippen LogP contribution >= 0.6 is 11.6 Å². The molecule has 1 rings (SSSR count). The molecule has 0 N–H and O–H groups in total. The second-order valence-corrected chi connectivity index (χ2v) is 3.99. The van der Waals surface area contributed by atoms with E-state index in [2.05, 4.69) is 12.0 Å². The van der Waals surface area contributed by atoms with Gasteiger partial charge in [-0.1, -0.05) is 6.92 Å². The molecule has 15 heavy (non-hydrogen) atoms. The highest BCUT2D eigenvalue weighted by molar-refractivity contribution is 6.20. The maximum atomic E-state index is 6.11. The summed E-state index contributed by atoms with van der Waals surface area (Å²) in [5.41, 5.74) is 1.11. The Morgan fingerprint density at radius 1 is 1.53 bits per heavy atom. The molecule has 1 heterocycles. The lowest BCUT2D eigenvalue weighted by atomic mass is 10.2. The number of alkyl halides is 1. The van der Waals surface area contributed by atoms with Crippen LogP contribution in [0.4, 0.5) is 0 Å². The minimum Gasteiger partial charge on any atom is -0.382 e. The zero-order chi connectivity index (χ0) is 11.1. The summed E-state index contributed by atoms with van der Waals surface area (Å²) in [6.07, 6.45) is 5.80. The largest absolute Gasteiger partial charge is 0.382 e. The summed E-state index contributed by atoms with van der Waals surface area (Å²) < 4.78 is 7.19. The molecular formula is C11H19ClN2O. The molecule has 0 amide bonds. The zero-order valence-corrected chi connectivity index (χ0v) is 10.2. The summed E-state index contributed by atoms with van der Waals surface area (Å²) in [5, 5.41) is 4.35. The van der Waals surface area contributed by atoms with Crippen LogP contribution in [-0.2, 0) is 11.3 Å². The van der Waals surface area contributed by atoms with Crippen LogP contribution in [0, 0.1) is 0 Å². The minimum absolute atomic E-state index is 0.0886. The van der Waals surface area contributed by atoms with Crippen molar-refractivity contribution in [1.29, 1.82) is 0 Å². The highest BCUT2D eigenvalue weighted by Gasteiger charge is 2.07. The number of rotatable bonds is 7. The molecule has 0 aliphatic rings. The first-order chi connectivity index (χ1) is 7.27. The van der Waals surface area contributed by atoms with Crippen LogP contribution in [0.25, 0.3) is 0 Å². The molecule has 0 saturated carbocycles. The molecule has 86 valence electrons. The van der Waals surface area contributed by atoms with Gasteiger partial charge in [0.1, 0.15) is 0 Å². The van der Waals surface area contributed by atoms with Crippen LogP contribution in [0.5, 0.6) is 0 Å². The van der Waals surface area contributed by atoms with E-state index < -0.39 is 0 Å². The first kappa shape index (κ1) is 12.5. The summed E-state index contributed by atoms with van der Waals surface area (Å²) in [6.45, 7) is 6.55. The Kier molecular flexibility index (Phi) is 5.73. The smallest absolute Gasteiger partial charge is 0.0613 e. The lowest BCUT2D eigenvalue weighted by molar-refractivity contribution is 0.141. The van der Waals surface area contributed by atoms with Gasteiger partial charge in [-0.15, -0.1) is 11.6 Å². The molecule has 0 aliphatic carbocycles. The monoisotopic (exact) mass is 230 g/mol. The average molecular weight is 231 g/mol. The second kappa shape index (κ2) is 6.85. The molecular weight excluding hydrogens is 212 g/mol. The van der Waals surface area contributed by atoms with E-state index in [0.29, 0.717) is 0 Å². The Bertz CT molecular complexity index is 275. The van der Waals surface area contributed by atoms with E-state index in [9.17, 15) is 0 Å². The van der Waals surface area contributed by atoms with Crippen LogP contribution in [0.1, 0.15) is 37.6 Å². The summed E-state index contributed by atoms with van der Waals surface area (Å²) in [5.74, 6) is 0. The van der Waals surface area contributed by atoms with Gasteiger partial charge in [0.05, 0.1) is 11.6 Å². The second-order valence-electron chi connectivity index (χ2n) is 3.46. The molecule has 1 unspecified atom stereocenters. The molecule has 0 spiro atoms. The van der Waals surface area contributed by atoms with Gasteiger partial charge in [-0.05, 0) is 19.8 Å². The van der Waals surface area contributed by atoms with Crippen molar-refractivity contribution in [1.82, 2.24) is 9.78 Å². The molecule has 0 radical (unpaired) electrons. The lowest BCUT2D eigenvalue weighted by Gasteiger charge is -2.02. The van der Waals surface area contributed by atoms with Gasteiger partial charge in [0.15, 0.2) is 0 Å². The van der Waals surface area contributed by atoms with Crippen LogP contribution in [0.2, 0.25) is 0 Å². The summed E-state index contributed by atoms with van der Waals surface area (Å²) in [4.78, 5) is 0. The third-order valence-corrected chi connectivity index (χ3v) is 2.81. The molecule has 0 fully saturated rings. The highest BCUT2D eigenvalue weighted by Crippen LogP contribution is 2.22. The number of aromatic nitrogens is 2. The van der Waals surface area contributed by atoms with Crippen molar-refractivity contribution >= 4 is 11.6 Å². The number of halogens is 1. The maximum Gasteiger partial charge on any atom is 0.0613 e. The van der Waals surface area contributed by atoms with Crippen molar-refractivity contribution < 1.29 is 4.74 Å². The molecule has 0 aliphatic heterocycles. The van der Waals surface area contributed by atoms with Crippen molar-refractivity contribution in [2.75, 3.05) is 13.2 Å². The number of nitrogens with zero attached hydrogens (tertiary/aromatic N) is 2. The van der Waals surface area contributed by atoms with Crippen LogP contribution in [0.15, 0.2) is 12.4 Å². The van der Waals surface area contributed by atoms with E-state index >= 15 is 0 Å². The van der Waals surface area contributed by atoms with Crippen molar-refractivity contribution in [3.05, 3.63) is 18.0 Å². The van der Waals surface area contributed by atoms with Gasteiger partial charge in [0, 0.05) is 31.5 Å². The van der Waals surface area contributed by atoms with Crippen LogP contribution < -0.4 is 0 Å². The van der Waals surface area contributed by atoms with Crippen molar-refractivity contribution in [3.8, 4) is 0 Å². The number of hydrogen-bond acceptors (Lipinski definition) is 2. The standard InChI is InChI=1S/C11H19ClN2O/c1-3-11(12)10-8-13-14(9-10)6-5-7-15-4-2/h8-9,11H,3-7H2,1-2H3. The normalized spacial score (nSPS) is 13.0. The van der Waals surface area contributed by atoms with Gasteiger partial charge in [0.2, 0.25) is 0 Å². The lowest BCUT2D eigenvalue weighted by Crippen LogP contribution is -2.02. The third-order valence-electron chi connectivity index (χ3n) is 2.25. The predicted molar refractivity (Wildman–Crippen MR) is 62.2 cm³/mol. The van der Waals surface area contributed by atoms with Crippen molar-refractivity contribution in [2.45, 2.75) is 38.6 Å². The average Bonchev–Trinajstić information content (AvgIpc) is 2.72. The topological polar surface area (TPSA) is 27.1 Å². The van der Waals surface area contributed by atoms with Crippen LogP contribution in [-0.4, -0.2) is 23.0 Å². The summed E-state index contributed by atoms with van der Waals surface area (Å²) in [6, 6.07) is 0. The molecule has 3 nitrogen and oxygen atoms in total. The first-order valence-corrected chi connectivity index (χ1v) is 5.95. The molecule has 1 aromatic rings. The van der Waals surface area contributed by atoms with Gasteiger partial charge in [-0.25, -0.2) is 0 Å². The number of aryl methyl sites for hydroxylation is 1. The molecule has 0 aromatic carbocycles. The minimum atomic E-state index is 0.0886. The zero-order valence-electron chi connectivity index (χ0n) is 9.45. The molecule has 1 aromatic heterocycles. The van der Waals surface area contributed by atoms with E-state index in [4.69, 9.17) is 16.3 Å². The fraction of sp³-hybridized carbons (Fsp3) is 0.727. The van der Waals surface area contributed by atoms with Gasteiger partial charge < -0.3 is 4.74 Å². The van der Waals surface area contributed by atoms with Crippen molar-refractivity contribution in [2.24, 2.45) is 0 Å². The Morgan fingerprint density at radius 3 is 3.00 bits per heavy atom. The Balaban J connectivity index is 2.33. The molecule has 0 saturated heterocycles. The van der Waals surface area contributed by atoms with E-state index in [1.807, 2.05) is 24.0 Å². The van der Waals surface area contributed by atoms with Gasteiger partial charge >= 0.3 is 0 Å². The summed E-state index contributed by atoms with van der Waals surface area (Å²) in [7, 11) is 0. The van der Waals surface area contributed by atoms with E-state index in [1.165, 1.54) is 0 Å². The van der Waals surface area contributed by atoms with E-state index in [0.717, 1.165) is 38.2 Å². The van der Waals surface area contributed by atoms with Crippen molar-refractivity contribution in [3.63, 3.8) is 0 Å². The van der Waals surface area contributed by atoms with Gasteiger partial charge in [0.25, 0.3) is 0 Å². The summed E-state index contributed by atoms with van der Waals surface area (Å²) >= 11 is 6.11. The predicted octanol–water partition coefficient (Wildman–Crippen LogP) is 3.00. The van der Waals surface area contributed by atoms with E-state index in [-0.39, 0.29) is 5.38 Å². The van der Waals surface area contributed by atoms with Gasteiger partial charge in [-0.3, -0.25) is 4.68 Å². The number of hydrogen-bond donors (Lipinski definition) is 0.